The molecule has 1 rings (SSSR count). The third kappa shape index (κ3) is 2.79. The number of esters is 1. The summed E-state index contributed by atoms with van der Waals surface area (Å²) in [6.07, 6.45) is -4.28. The molecule has 0 unspecified atom stereocenters. The monoisotopic (exact) mass is 261 g/mol. The molecule has 0 bridgehead atoms. The van der Waals surface area contributed by atoms with Crippen molar-refractivity contribution in [1.29, 1.82) is 5.26 Å². The Kier molecular flexibility index (Phi) is 3.61. The molecule has 0 aliphatic heterocycles. The summed E-state index contributed by atoms with van der Waals surface area (Å²) in [5.41, 5.74) is 3.37. The molecule has 1 heterocycles. The van der Waals surface area contributed by atoms with Gasteiger partial charge in [0.05, 0.1) is 19.0 Å². The second kappa shape index (κ2) is 4.79. The zero-order valence-electron chi connectivity index (χ0n) is 8.91. The molecule has 0 aromatic carbocycles. The average molecular weight is 261 g/mol. The number of halogens is 3. The molecule has 0 radical (unpaired) electrons. The number of carbonyl (C=O) groups is 1. The summed E-state index contributed by atoms with van der Waals surface area (Å²) >= 11 is 0. The number of nitrogen functional groups attached to an aromatic ring is 1. The van der Waals surface area contributed by atoms with Crippen LogP contribution < -0.4 is 10.5 Å². The van der Waals surface area contributed by atoms with E-state index in [1.807, 2.05) is 0 Å². The van der Waals surface area contributed by atoms with Gasteiger partial charge in [0, 0.05) is 0 Å². The number of nitrogens with two attached hydrogens (primary N) is 1. The Bertz CT molecular complexity index is 522. The van der Waals surface area contributed by atoms with Gasteiger partial charge in [0.15, 0.2) is 11.4 Å². The molecule has 0 fully saturated rings. The van der Waals surface area contributed by atoms with E-state index in [9.17, 15) is 18.0 Å². The van der Waals surface area contributed by atoms with Crippen LogP contribution in [0.4, 0.5) is 18.9 Å². The van der Waals surface area contributed by atoms with E-state index in [-0.39, 0.29) is 0 Å². The summed E-state index contributed by atoms with van der Waals surface area (Å²) in [5.74, 6) is -2.04. The van der Waals surface area contributed by atoms with Gasteiger partial charge < -0.3 is 15.2 Å². The van der Waals surface area contributed by atoms with Crippen LogP contribution in [0.3, 0.4) is 0 Å². The molecule has 0 amide bonds. The first-order chi connectivity index (χ1) is 8.30. The van der Waals surface area contributed by atoms with Gasteiger partial charge in [0.25, 0.3) is 0 Å². The lowest BCUT2D eigenvalue weighted by Gasteiger charge is -2.13. The van der Waals surface area contributed by atoms with Gasteiger partial charge in [-0.15, -0.1) is 13.2 Å². The minimum absolute atomic E-state index is 0.517. The van der Waals surface area contributed by atoms with Crippen LogP contribution in [-0.4, -0.2) is 24.4 Å². The number of methoxy groups -OCH3 is 1. The summed E-state index contributed by atoms with van der Waals surface area (Å²) in [7, 11) is 0.992. The third-order valence-electron chi connectivity index (χ3n) is 1.77. The maximum absolute atomic E-state index is 12.1. The van der Waals surface area contributed by atoms with Crippen LogP contribution in [0.2, 0.25) is 0 Å². The molecule has 1 aromatic heterocycles. The number of anilines is 1. The lowest BCUT2D eigenvalue weighted by Crippen LogP contribution is -2.20. The maximum atomic E-state index is 12.1. The highest BCUT2D eigenvalue weighted by Crippen LogP contribution is 2.32. The normalized spacial score (nSPS) is 10.6. The second-order valence-electron chi connectivity index (χ2n) is 2.92. The molecule has 0 saturated heterocycles. The summed E-state index contributed by atoms with van der Waals surface area (Å²) in [5, 5.41) is 8.76. The van der Waals surface area contributed by atoms with Crippen molar-refractivity contribution in [2.45, 2.75) is 6.36 Å². The second-order valence-corrected chi connectivity index (χ2v) is 2.92. The van der Waals surface area contributed by atoms with E-state index < -0.39 is 35.0 Å². The Morgan fingerprint density at radius 3 is 2.61 bits per heavy atom. The number of aromatic nitrogens is 1. The van der Waals surface area contributed by atoms with Crippen molar-refractivity contribution in [2.24, 2.45) is 0 Å². The number of alkyl halides is 3. The van der Waals surface area contributed by atoms with Crippen molar-refractivity contribution in [3.63, 3.8) is 0 Å². The van der Waals surface area contributed by atoms with Crippen LogP contribution in [0, 0.1) is 11.3 Å². The highest BCUT2D eigenvalue weighted by molar-refractivity contribution is 5.91. The minimum Gasteiger partial charge on any atom is -0.464 e. The zero-order valence-corrected chi connectivity index (χ0v) is 8.91. The van der Waals surface area contributed by atoms with Crippen LogP contribution in [0.25, 0.3) is 0 Å². The van der Waals surface area contributed by atoms with Crippen LogP contribution in [0.1, 0.15) is 16.1 Å². The SMILES string of the molecule is COC(=O)c1ncc(N)c(OC(F)(F)F)c1C#N. The first-order valence-corrected chi connectivity index (χ1v) is 4.32. The number of hydrogen-bond acceptors (Lipinski definition) is 6. The van der Waals surface area contributed by atoms with Gasteiger partial charge in [-0.05, 0) is 0 Å². The Hall–Kier alpha value is -2.50. The van der Waals surface area contributed by atoms with Crippen LogP contribution in [-0.2, 0) is 4.74 Å². The molecule has 0 atom stereocenters. The maximum Gasteiger partial charge on any atom is 0.573 e. The predicted octanol–water partition coefficient (Wildman–Crippen LogP) is 1.22. The first kappa shape index (κ1) is 13.6. The largest absolute Gasteiger partial charge is 0.573 e. The fraction of sp³-hybridized carbons (Fsp3) is 0.222. The quantitative estimate of drug-likeness (QED) is 0.803. The van der Waals surface area contributed by atoms with Gasteiger partial charge in [-0.3, -0.25) is 0 Å². The number of rotatable bonds is 2. The van der Waals surface area contributed by atoms with Crippen molar-refractivity contribution in [3.8, 4) is 11.8 Å². The van der Waals surface area contributed by atoms with E-state index >= 15 is 0 Å². The molecular weight excluding hydrogens is 255 g/mol. The highest BCUT2D eigenvalue weighted by Gasteiger charge is 2.34. The lowest BCUT2D eigenvalue weighted by atomic mass is 10.1. The fourth-order valence-corrected chi connectivity index (χ4v) is 1.09. The number of nitrogens with zero attached hydrogens (tertiary/aromatic N) is 2. The molecule has 0 aliphatic rings. The fourth-order valence-electron chi connectivity index (χ4n) is 1.09. The van der Waals surface area contributed by atoms with Crippen molar-refractivity contribution in [3.05, 3.63) is 17.5 Å². The van der Waals surface area contributed by atoms with Crippen LogP contribution in [0.15, 0.2) is 6.20 Å². The Labute approximate surface area is 98.7 Å². The molecule has 2 N–H and O–H groups in total. The van der Waals surface area contributed by atoms with Gasteiger partial charge in [-0.1, -0.05) is 0 Å². The average Bonchev–Trinajstić information content (AvgIpc) is 2.29. The number of nitriles is 1. The van der Waals surface area contributed by atoms with Crippen LogP contribution in [0.5, 0.6) is 5.75 Å². The Morgan fingerprint density at radius 1 is 1.56 bits per heavy atom. The van der Waals surface area contributed by atoms with E-state index in [0.29, 0.717) is 0 Å². The van der Waals surface area contributed by atoms with Crippen molar-refractivity contribution in [1.82, 2.24) is 4.98 Å². The highest BCUT2D eigenvalue weighted by atomic mass is 19.4. The summed E-state index contributed by atoms with van der Waals surface area (Å²) < 4.78 is 44.3. The van der Waals surface area contributed by atoms with E-state index in [2.05, 4.69) is 14.5 Å². The van der Waals surface area contributed by atoms with Gasteiger partial charge in [0.1, 0.15) is 11.6 Å². The molecular formula is C9H6F3N3O3. The molecule has 18 heavy (non-hydrogen) atoms. The molecule has 0 spiro atoms. The standard InChI is InChI=1S/C9H6F3N3O3/c1-17-8(16)6-4(2-13)7(5(14)3-15-6)18-9(10,11)12/h3H,14H2,1H3. The minimum atomic E-state index is -5.05. The van der Waals surface area contributed by atoms with Gasteiger partial charge in [-0.2, -0.15) is 5.26 Å². The number of ether oxygens (including phenoxy) is 2. The first-order valence-electron chi connectivity index (χ1n) is 4.32. The number of pyridine rings is 1. The van der Waals surface area contributed by atoms with E-state index in [1.54, 1.807) is 0 Å². The smallest absolute Gasteiger partial charge is 0.464 e. The van der Waals surface area contributed by atoms with Gasteiger partial charge >= 0.3 is 12.3 Å². The summed E-state index contributed by atoms with van der Waals surface area (Å²) in [6.45, 7) is 0. The molecule has 0 saturated carbocycles. The zero-order chi connectivity index (χ0) is 13.9. The Balaban J connectivity index is 3.41. The Morgan fingerprint density at radius 2 is 2.17 bits per heavy atom. The lowest BCUT2D eigenvalue weighted by molar-refractivity contribution is -0.274. The molecule has 6 nitrogen and oxygen atoms in total. The molecule has 96 valence electrons. The van der Waals surface area contributed by atoms with E-state index in [0.717, 1.165) is 13.3 Å². The van der Waals surface area contributed by atoms with Gasteiger partial charge in [0.2, 0.25) is 0 Å². The predicted molar refractivity (Wildman–Crippen MR) is 51.4 cm³/mol. The topological polar surface area (TPSA) is 98.2 Å². The van der Waals surface area contributed by atoms with Gasteiger partial charge in [-0.25, -0.2) is 9.78 Å². The summed E-state index contributed by atoms with van der Waals surface area (Å²) in [4.78, 5) is 14.6. The third-order valence-corrected chi connectivity index (χ3v) is 1.77. The van der Waals surface area contributed by atoms with Crippen molar-refractivity contribution < 1.29 is 27.4 Å². The molecule has 0 aliphatic carbocycles. The van der Waals surface area contributed by atoms with E-state index in [1.165, 1.54) is 6.07 Å². The molecule has 9 heteroatoms. The van der Waals surface area contributed by atoms with E-state index in [4.69, 9.17) is 11.0 Å². The number of hydrogen-bond donors (Lipinski definition) is 1. The molecule has 1 aromatic rings. The van der Waals surface area contributed by atoms with Crippen molar-refractivity contribution >= 4 is 11.7 Å². The van der Waals surface area contributed by atoms with Crippen molar-refractivity contribution in [2.75, 3.05) is 12.8 Å². The number of carbonyl (C=O) groups excluding carboxylic acids is 1. The summed E-state index contributed by atoms with van der Waals surface area (Å²) in [6, 6.07) is 1.37. The van der Waals surface area contributed by atoms with Crippen LogP contribution >= 0.6 is 0 Å².